The highest BCUT2D eigenvalue weighted by atomic mass is 19.4. The number of likely N-dealkylation sites (tertiary alicyclic amines) is 1. The van der Waals surface area contributed by atoms with Crippen molar-refractivity contribution in [3.8, 4) is 11.1 Å². The molecule has 0 bridgehead atoms. The molecular formula is C24H27F4N5. The third-order valence-electron chi connectivity index (χ3n) is 6.39. The zero-order valence-corrected chi connectivity index (χ0v) is 19.0. The average molecular weight is 462 g/mol. The molecule has 1 saturated heterocycles. The molecule has 2 aromatic heterocycles. The monoisotopic (exact) mass is 461 g/mol. The van der Waals surface area contributed by atoms with Gasteiger partial charge in [-0.2, -0.15) is 18.3 Å². The lowest BCUT2D eigenvalue weighted by atomic mass is 9.88. The summed E-state index contributed by atoms with van der Waals surface area (Å²) in [6.45, 7) is 9.17. The first-order chi connectivity index (χ1) is 15.7. The van der Waals surface area contributed by atoms with Gasteiger partial charge < -0.3 is 0 Å². The predicted octanol–water partition coefficient (Wildman–Crippen LogP) is 5.51. The van der Waals surface area contributed by atoms with Gasteiger partial charge in [0.1, 0.15) is 5.82 Å². The molecule has 1 fully saturated rings. The summed E-state index contributed by atoms with van der Waals surface area (Å²) in [6.07, 6.45) is -2.13. The molecule has 1 aliphatic heterocycles. The predicted molar refractivity (Wildman–Crippen MR) is 117 cm³/mol. The first-order valence-electron chi connectivity index (χ1n) is 11.1. The van der Waals surface area contributed by atoms with E-state index in [-0.39, 0.29) is 5.92 Å². The molecule has 4 rings (SSSR count). The maximum atomic E-state index is 13.8. The van der Waals surface area contributed by atoms with Crippen molar-refractivity contribution in [1.82, 2.24) is 24.6 Å². The summed E-state index contributed by atoms with van der Waals surface area (Å²) in [5.41, 5.74) is 4.65. The Balaban J connectivity index is 1.57. The Bertz CT molecular complexity index is 1130. The van der Waals surface area contributed by atoms with E-state index in [0.717, 1.165) is 37.6 Å². The minimum Gasteiger partial charge on any atom is -0.299 e. The minimum atomic E-state index is -4.63. The molecule has 0 saturated carbocycles. The van der Waals surface area contributed by atoms with Crippen molar-refractivity contribution in [3.05, 3.63) is 64.7 Å². The number of alkyl halides is 3. The highest BCUT2D eigenvalue weighted by Crippen LogP contribution is 2.37. The largest absolute Gasteiger partial charge is 0.451 e. The number of piperidine rings is 1. The fourth-order valence-electron chi connectivity index (χ4n) is 4.58. The summed E-state index contributed by atoms with van der Waals surface area (Å²) in [5.74, 6) is -1.77. The number of aryl methyl sites for hydroxylation is 2. The number of hydrogen-bond donors (Lipinski definition) is 0. The first kappa shape index (κ1) is 23.4. The molecule has 0 unspecified atom stereocenters. The van der Waals surface area contributed by atoms with E-state index in [1.165, 1.54) is 30.0 Å². The van der Waals surface area contributed by atoms with Gasteiger partial charge in [0.25, 0.3) is 0 Å². The molecule has 1 aliphatic rings. The minimum absolute atomic E-state index is 0.163. The molecule has 176 valence electrons. The summed E-state index contributed by atoms with van der Waals surface area (Å²) < 4.78 is 55.8. The highest BCUT2D eigenvalue weighted by molar-refractivity contribution is 5.65. The second-order valence-corrected chi connectivity index (χ2v) is 8.52. The van der Waals surface area contributed by atoms with Gasteiger partial charge in [-0.25, -0.2) is 14.4 Å². The van der Waals surface area contributed by atoms with Gasteiger partial charge in [-0.05, 0) is 64.4 Å². The smallest absolute Gasteiger partial charge is 0.299 e. The van der Waals surface area contributed by atoms with Crippen LogP contribution in [0.1, 0.15) is 54.2 Å². The van der Waals surface area contributed by atoms with Crippen LogP contribution in [0.3, 0.4) is 0 Å². The van der Waals surface area contributed by atoms with Gasteiger partial charge in [-0.3, -0.25) is 9.58 Å². The van der Waals surface area contributed by atoms with Crippen molar-refractivity contribution in [2.75, 3.05) is 13.1 Å². The fraction of sp³-hybridized carbons (Fsp3) is 0.458. The van der Waals surface area contributed by atoms with Crippen molar-refractivity contribution in [2.45, 2.75) is 58.8 Å². The second-order valence-electron chi connectivity index (χ2n) is 8.52. The number of benzene rings is 1. The number of nitrogens with zero attached hydrogens (tertiary/aromatic N) is 5. The quantitative estimate of drug-likeness (QED) is 0.470. The lowest BCUT2D eigenvalue weighted by Crippen LogP contribution is -2.33. The van der Waals surface area contributed by atoms with Crippen LogP contribution in [0.15, 0.2) is 30.5 Å². The molecule has 0 aliphatic carbocycles. The van der Waals surface area contributed by atoms with Gasteiger partial charge in [0, 0.05) is 42.0 Å². The number of halogens is 4. The normalized spacial score (nSPS) is 15.8. The molecule has 33 heavy (non-hydrogen) atoms. The van der Waals surface area contributed by atoms with E-state index in [1.807, 2.05) is 11.6 Å². The van der Waals surface area contributed by atoms with E-state index < -0.39 is 17.8 Å². The third kappa shape index (κ3) is 4.93. The van der Waals surface area contributed by atoms with Crippen LogP contribution in [0.25, 0.3) is 11.1 Å². The Kier molecular flexibility index (Phi) is 6.52. The van der Waals surface area contributed by atoms with E-state index in [4.69, 9.17) is 0 Å². The molecule has 1 aromatic carbocycles. The van der Waals surface area contributed by atoms with E-state index in [9.17, 15) is 17.6 Å². The summed E-state index contributed by atoms with van der Waals surface area (Å²) in [5, 5.41) is 4.58. The summed E-state index contributed by atoms with van der Waals surface area (Å²) >= 11 is 0. The molecule has 0 amide bonds. The van der Waals surface area contributed by atoms with Crippen LogP contribution in [-0.2, 0) is 19.3 Å². The van der Waals surface area contributed by atoms with Crippen LogP contribution < -0.4 is 0 Å². The van der Waals surface area contributed by atoms with Crippen molar-refractivity contribution in [2.24, 2.45) is 0 Å². The van der Waals surface area contributed by atoms with E-state index in [0.29, 0.717) is 29.7 Å². The van der Waals surface area contributed by atoms with Crippen LogP contribution in [0.5, 0.6) is 0 Å². The lowest BCUT2D eigenvalue weighted by molar-refractivity contribution is -0.145. The topological polar surface area (TPSA) is 46.8 Å². The van der Waals surface area contributed by atoms with E-state index in [1.54, 1.807) is 6.07 Å². The molecule has 9 heteroatoms. The summed E-state index contributed by atoms with van der Waals surface area (Å²) in [4.78, 5) is 9.78. The Morgan fingerprint density at radius 1 is 1.12 bits per heavy atom. The van der Waals surface area contributed by atoms with Gasteiger partial charge >= 0.3 is 6.18 Å². The first-order valence-corrected chi connectivity index (χ1v) is 11.1. The standard InChI is InChI=1S/C24H27F4N5/c1-4-33-16(3)21(15(2)31-33)14-32-10-8-17(9-11-32)22-20(18-6-5-7-19(25)12-18)13-29-23(30-22)24(26,27)28/h5-7,12-13,17H,4,8-11,14H2,1-3H3. The molecule has 3 heterocycles. The number of rotatable bonds is 5. The van der Waals surface area contributed by atoms with Gasteiger partial charge in [-0.1, -0.05) is 12.1 Å². The van der Waals surface area contributed by atoms with Crippen molar-refractivity contribution < 1.29 is 17.6 Å². The number of hydrogen-bond acceptors (Lipinski definition) is 4. The Morgan fingerprint density at radius 3 is 2.45 bits per heavy atom. The van der Waals surface area contributed by atoms with Crippen LogP contribution in [0.4, 0.5) is 17.6 Å². The molecule has 3 aromatic rings. The molecule has 0 radical (unpaired) electrons. The molecule has 0 spiro atoms. The van der Waals surface area contributed by atoms with Crippen molar-refractivity contribution >= 4 is 0 Å². The number of aromatic nitrogens is 4. The maximum Gasteiger partial charge on any atom is 0.451 e. The molecule has 0 N–H and O–H groups in total. The zero-order chi connectivity index (χ0) is 23.8. The van der Waals surface area contributed by atoms with Crippen LogP contribution in [0, 0.1) is 19.7 Å². The molecular weight excluding hydrogens is 434 g/mol. The Morgan fingerprint density at radius 2 is 1.85 bits per heavy atom. The average Bonchev–Trinajstić information content (AvgIpc) is 3.06. The van der Waals surface area contributed by atoms with Gasteiger partial charge in [0.2, 0.25) is 5.82 Å². The van der Waals surface area contributed by atoms with Crippen LogP contribution in [-0.4, -0.2) is 37.7 Å². The summed E-state index contributed by atoms with van der Waals surface area (Å²) in [7, 11) is 0. The Labute approximate surface area is 190 Å². The van der Waals surface area contributed by atoms with Crippen molar-refractivity contribution in [3.63, 3.8) is 0 Å². The van der Waals surface area contributed by atoms with E-state index >= 15 is 0 Å². The Hall–Kier alpha value is -2.81. The molecule has 5 nitrogen and oxygen atoms in total. The zero-order valence-electron chi connectivity index (χ0n) is 19.0. The van der Waals surface area contributed by atoms with Crippen molar-refractivity contribution in [1.29, 1.82) is 0 Å². The maximum absolute atomic E-state index is 13.8. The SMILES string of the molecule is CCn1nc(C)c(CN2CCC(c3nc(C(F)(F)F)ncc3-c3cccc(F)c3)CC2)c1C. The van der Waals surface area contributed by atoms with Gasteiger partial charge in [0.15, 0.2) is 0 Å². The third-order valence-corrected chi connectivity index (χ3v) is 6.39. The van der Waals surface area contributed by atoms with Gasteiger partial charge in [-0.15, -0.1) is 0 Å². The highest BCUT2D eigenvalue weighted by Gasteiger charge is 2.36. The lowest BCUT2D eigenvalue weighted by Gasteiger charge is -2.32. The second kappa shape index (κ2) is 9.21. The van der Waals surface area contributed by atoms with Crippen LogP contribution in [0.2, 0.25) is 0 Å². The van der Waals surface area contributed by atoms with Gasteiger partial charge in [0.05, 0.1) is 11.4 Å². The van der Waals surface area contributed by atoms with E-state index in [2.05, 4.69) is 33.8 Å². The summed E-state index contributed by atoms with van der Waals surface area (Å²) in [6, 6.07) is 5.82. The molecule has 0 atom stereocenters. The fourth-order valence-corrected chi connectivity index (χ4v) is 4.58. The van der Waals surface area contributed by atoms with Crippen LogP contribution >= 0.6 is 0 Å².